The van der Waals surface area contributed by atoms with Crippen LogP contribution in [0.4, 0.5) is 5.69 Å². The van der Waals surface area contributed by atoms with Crippen molar-refractivity contribution in [2.75, 3.05) is 11.9 Å². The second-order valence-corrected chi connectivity index (χ2v) is 8.38. The molecule has 0 radical (unpaired) electrons. The summed E-state index contributed by atoms with van der Waals surface area (Å²) in [7, 11) is 0. The Balaban J connectivity index is 1.65. The highest BCUT2D eigenvalue weighted by Gasteiger charge is 2.26. The summed E-state index contributed by atoms with van der Waals surface area (Å²) in [6, 6.07) is 11.2. The highest BCUT2D eigenvalue weighted by atomic mass is 16.5. The van der Waals surface area contributed by atoms with Gasteiger partial charge in [-0.3, -0.25) is 14.6 Å². The number of pyridine rings is 1. The number of nitrogens with one attached hydrogen (secondary N) is 2. The second-order valence-electron chi connectivity index (χ2n) is 8.38. The molecular weight excluding hydrogens is 366 g/mol. The first-order chi connectivity index (χ1) is 13.8. The van der Waals surface area contributed by atoms with Crippen LogP contribution in [0.5, 0.6) is 5.75 Å². The largest absolute Gasteiger partial charge is 0.493 e. The van der Waals surface area contributed by atoms with Crippen molar-refractivity contribution in [3.05, 3.63) is 53.9 Å². The maximum absolute atomic E-state index is 12.6. The number of aromatic nitrogens is 1. The molecule has 0 bridgehead atoms. The fourth-order valence-electron chi connectivity index (χ4n) is 3.20. The fourth-order valence-corrected chi connectivity index (χ4v) is 3.20. The van der Waals surface area contributed by atoms with Crippen LogP contribution >= 0.6 is 0 Å². The van der Waals surface area contributed by atoms with Gasteiger partial charge in [0.25, 0.3) is 5.91 Å². The maximum atomic E-state index is 12.6. The predicted octanol–water partition coefficient (Wildman–Crippen LogP) is 4.14. The van der Waals surface area contributed by atoms with Crippen LogP contribution in [0, 0.1) is 5.92 Å². The third-order valence-electron chi connectivity index (χ3n) is 5.67. The standard InChI is InChI=1S/C23H29N3O3/c1-15(2)23(3,4)26-22(28)19-14-17(9-11-24-19)25-21(27)13-16-10-12-29-20-8-6-5-7-18(16)20/h5-9,11,14-16H,10,12-13H2,1-4H3,(H,26,28)(H,24,25,27). The topological polar surface area (TPSA) is 80.3 Å². The zero-order valence-electron chi connectivity index (χ0n) is 17.5. The Morgan fingerprint density at radius 2 is 2.00 bits per heavy atom. The lowest BCUT2D eigenvalue weighted by atomic mass is 9.90. The molecule has 1 aliphatic rings. The van der Waals surface area contributed by atoms with Gasteiger partial charge in [0.2, 0.25) is 5.91 Å². The molecule has 0 saturated heterocycles. The van der Waals surface area contributed by atoms with E-state index in [0.717, 1.165) is 17.7 Å². The molecule has 0 aliphatic carbocycles. The molecule has 2 N–H and O–H groups in total. The van der Waals surface area contributed by atoms with Gasteiger partial charge in [-0.25, -0.2) is 0 Å². The molecule has 1 aromatic carbocycles. The van der Waals surface area contributed by atoms with E-state index < -0.39 is 0 Å². The molecule has 0 spiro atoms. The maximum Gasteiger partial charge on any atom is 0.270 e. The molecule has 3 rings (SSSR count). The quantitative estimate of drug-likeness (QED) is 0.770. The molecule has 154 valence electrons. The van der Waals surface area contributed by atoms with Gasteiger partial charge in [0, 0.05) is 23.8 Å². The van der Waals surface area contributed by atoms with Crippen LogP contribution in [0.25, 0.3) is 0 Å². The Bertz CT molecular complexity index is 892. The Kier molecular flexibility index (Phi) is 6.20. The van der Waals surface area contributed by atoms with Crippen LogP contribution in [0.2, 0.25) is 0 Å². The minimum atomic E-state index is -0.353. The molecule has 1 aliphatic heterocycles. The molecule has 1 aromatic heterocycles. The van der Waals surface area contributed by atoms with Gasteiger partial charge in [-0.1, -0.05) is 32.0 Å². The molecular formula is C23H29N3O3. The normalized spacial score (nSPS) is 16.0. The average Bonchev–Trinajstić information content (AvgIpc) is 2.68. The first-order valence-corrected chi connectivity index (χ1v) is 10.1. The van der Waals surface area contributed by atoms with E-state index in [2.05, 4.69) is 29.5 Å². The van der Waals surface area contributed by atoms with Gasteiger partial charge in [0.1, 0.15) is 11.4 Å². The van der Waals surface area contributed by atoms with Gasteiger partial charge >= 0.3 is 0 Å². The third kappa shape index (κ3) is 5.13. The van der Waals surface area contributed by atoms with E-state index in [0.29, 0.717) is 18.7 Å². The number of ether oxygens (including phenoxy) is 1. The van der Waals surface area contributed by atoms with E-state index in [9.17, 15) is 9.59 Å². The van der Waals surface area contributed by atoms with Crippen molar-refractivity contribution in [3.8, 4) is 5.75 Å². The highest BCUT2D eigenvalue weighted by molar-refractivity contribution is 5.96. The molecule has 6 nitrogen and oxygen atoms in total. The minimum absolute atomic E-state index is 0.0910. The lowest BCUT2D eigenvalue weighted by molar-refractivity contribution is -0.116. The molecule has 0 fully saturated rings. The van der Waals surface area contributed by atoms with E-state index in [1.54, 1.807) is 12.1 Å². The van der Waals surface area contributed by atoms with Crippen molar-refractivity contribution < 1.29 is 14.3 Å². The van der Waals surface area contributed by atoms with Crippen LogP contribution in [0.1, 0.15) is 62.5 Å². The predicted molar refractivity (Wildman–Crippen MR) is 113 cm³/mol. The van der Waals surface area contributed by atoms with Gasteiger partial charge in [0.05, 0.1) is 6.61 Å². The molecule has 2 amide bonds. The molecule has 29 heavy (non-hydrogen) atoms. The van der Waals surface area contributed by atoms with Crippen molar-refractivity contribution in [2.45, 2.75) is 52.0 Å². The lowest BCUT2D eigenvalue weighted by Crippen LogP contribution is -2.47. The number of hydrogen-bond donors (Lipinski definition) is 2. The van der Waals surface area contributed by atoms with Gasteiger partial charge in [-0.05, 0) is 55.9 Å². The zero-order valence-corrected chi connectivity index (χ0v) is 17.5. The lowest BCUT2D eigenvalue weighted by Gasteiger charge is -2.30. The zero-order chi connectivity index (χ0) is 21.0. The third-order valence-corrected chi connectivity index (χ3v) is 5.67. The number of benzene rings is 1. The number of amides is 2. The summed E-state index contributed by atoms with van der Waals surface area (Å²) in [5, 5.41) is 5.90. The Labute approximate surface area is 172 Å². The summed E-state index contributed by atoms with van der Waals surface area (Å²) in [5.74, 6) is 0.908. The Morgan fingerprint density at radius 3 is 2.76 bits per heavy atom. The van der Waals surface area contributed by atoms with Crippen molar-refractivity contribution >= 4 is 17.5 Å². The molecule has 2 aromatic rings. The van der Waals surface area contributed by atoms with Gasteiger partial charge < -0.3 is 15.4 Å². The van der Waals surface area contributed by atoms with Gasteiger partial charge in [0.15, 0.2) is 0 Å². The van der Waals surface area contributed by atoms with Crippen LogP contribution in [-0.2, 0) is 4.79 Å². The smallest absolute Gasteiger partial charge is 0.270 e. The van der Waals surface area contributed by atoms with Gasteiger partial charge in [-0.2, -0.15) is 0 Å². The molecule has 6 heteroatoms. The van der Waals surface area contributed by atoms with E-state index in [-0.39, 0.29) is 34.9 Å². The summed E-state index contributed by atoms with van der Waals surface area (Å²) in [6.07, 6.45) is 2.71. The Morgan fingerprint density at radius 1 is 1.24 bits per heavy atom. The number of carbonyl (C=O) groups is 2. The monoisotopic (exact) mass is 395 g/mol. The molecule has 1 unspecified atom stereocenters. The Hall–Kier alpha value is -2.89. The first kappa shape index (κ1) is 20.8. The molecule has 1 atom stereocenters. The minimum Gasteiger partial charge on any atom is -0.493 e. The molecule has 2 heterocycles. The summed E-state index contributed by atoms with van der Waals surface area (Å²) in [5.41, 5.74) is 1.57. The van der Waals surface area contributed by atoms with Gasteiger partial charge in [-0.15, -0.1) is 0 Å². The number of hydrogen-bond acceptors (Lipinski definition) is 4. The fraction of sp³-hybridized carbons (Fsp3) is 0.435. The number of rotatable bonds is 6. The van der Waals surface area contributed by atoms with E-state index >= 15 is 0 Å². The second kappa shape index (κ2) is 8.64. The van der Waals surface area contributed by atoms with E-state index in [1.807, 2.05) is 38.1 Å². The van der Waals surface area contributed by atoms with Crippen LogP contribution in [0.3, 0.4) is 0 Å². The van der Waals surface area contributed by atoms with Crippen LogP contribution < -0.4 is 15.4 Å². The number of anilines is 1. The van der Waals surface area contributed by atoms with E-state index in [1.165, 1.54) is 6.20 Å². The number of carbonyl (C=O) groups excluding carboxylic acids is 2. The van der Waals surface area contributed by atoms with E-state index in [4.69, 9.17) is 4.74 Å². The van der Waals surface area contributed by atoms with Crippen molar-refractivity contribution in [1.82, 2.24) is 10.3 Å². The number of nitrogens with zero attached hydrogens (tertiary/aromatic N) is 1. The van der Waals surface area contributed by atoms with Crippen molar-refractivity contribution in [3.63, 3.8) is 0 Å². The first-order valence-electron chi connectivity index (χ1n) is 10.1. The number of para-hydroxylation sites is 1. The summed E-state index contributed by atoms with van der Waals surface area (Å²) >= 11 is 0. The number of fused-ring (bicyclic) bond motifs is 1. The van der Waals surface area contributed by atoms with Crippen molar-refractivity contribution in [1.29, 1.82) is 0 Å². The van der Waals surface area contributed by atoms with Crippen LogP contribution in [-0.4, -0.2) is 28.9 Å². The summed E-state index contributed by atoms with van der Waals surface area (Å²) in [6.45, 7) is 8.68. The highest BCUT2D eigenvalue weighted by Crippen LogP contribution is 2.35. The average molecular weight is 396 g/mol. The van der Waals surface area contributed by atoms with Crippen LogP contribution in [0.15, 0.2) is 42.6 Å². The SMILES string of the molecule is CC(C)C(C)(C)NC(=O)c1cc(NC(=O)CC2CCOc3ccccc32)ccn1. The summed E-state index contributed by atoms with van der Waals surface area (Å²) < 4.78 is 5.67. The molecule has 0 saturated carbocycles. The summed E-state index contributed by atoms with van der Waals surface area (Å²) in [4.78, 5) is 29.3. The van der Waals surface area contributed by atoms with Crippen molar-refractivity contribution in [2.24, 2.45) is 5.92 Å².